The summed E-state index contributed by atoms with van der Waals surface area (Å²) >= 11 is 0. The van der Waals surface area contributed by atoms with E-state index >= 15 is 0 Å². The van der Waals surface area contributed by atoms with Crippen molar-refractivity contribution in [2.24, 2.45) is 0 Å². The number of amides is 3. The Morgan fingerprint density at radius 3 is 1.71 bits per heavy atom. The summed E-state index contributed by atoms with van der Waals surface area (Å²) in [5.41, 5.74) is 0. The van der Waals surface area contributed by atoms with Crippen molar-refractivity contribution in [3.8, 4) is 0 Å². The van der Waals surface area contributed by atoms with Crippen molar-refractivity contribution in [3.63, 3.8) is 0 Å². The van der Waals surface area contributed by atoms with Crippen molar-refractivity contribution < 1.29 is 39.0 Å². The number of carbonyl (C=O) groups is 4. The fourth-order valence-corrected chi connectivity index (χ4v) is 3.17. The fourth-order valence-electron chi connectivity index (χ4n) is 3.17. The van der Waals surface area contributed by atoms with Crippen LogP contribution in [0.5, 0.6) is 0 Å². The fraction of sp³-hybridized carbons (Fsp3) is 0.783. The van der Waals surface area contributed by atoms with Gasteiger partial charge in [-0.15, -0.1) is 0 Å². The van der Waals surface area contributed by atoms with Gasteiger partial charge in [-0.25, -0.2) is 9.59 Å². The predicted octanol–water partition coefficient (Wildman–Crippen LogP) is 2.84. The van der Waals surface area contributed by atoms with Gasteiger partial charge in [0.1, 0.15) is 6.04 Å². The lowest BCUT2D eigenvalue weighted by Crippen LogP contribution is -2.46. The monoisotopic (exact) mass is 487 g/mol. The van der Waals surface area contributed by atoms with Crippen LogP contribution in [0.3, 0.4) is 0 Å². The zero-order chi connectivity index (χ0) is 26.2. The second-order valence-electron chi connectivity index (χ2n) is 8.31. The highest BCUT2D eigenvalue weighted by Crippen LogP contribution is 2.12. The van der Waals surface area contributed by atoms with E-state index in [9.17, 15) is 24.3 Å². The van der Waals surface area contributed by atoms with Crippen molar-refractivity contribution >= 4 is 30.0 Å². The quantitative estimate of drug-likeness (QED) is 0.172. The maximum Gasteiger partial charge on any atom is 0.373 e. The number of carbonyl (C=O) groups excluding carboxylic acids is 4. The Kier molecular flexibility index (Phi) is 22.7. The van der Waals surface area contributed by atoms with Crippen molar-refractivity contribution in [1.29, 1.82) is 0 Å². The molecule has 0 aromatic heterocycles. The van der Waals surface area contributed by atoms with Gasteiger partial charge in [-0.3, -0.25) is 9.59 Å². The first-order valence-corrected chi connectivity index (χ1v) is 11.9. The predicted molar refractivity (Wildman–Crippen MR) is 124 cm³/mol. The van der Waals surface area contributed by atoms with E-state index in [-0.39, 0.29) is 31.1 Å². The average molecular weight is 488 g/mol. The third-order valence-corrected chi connectivity index (χ3v) is 4.80. The number of nitrogens with one attached hydrogen (secondary N) is 3. The maximum atomic E-state index is 11.7. The lowest BCUT2D eigenvalue weighted by molar-refractivity contribution is -0.191. The highest BCUT2D eigenvalue weighted by atomic mass is 16.4. The van der Waals surface area contributed by atoms with E-state index < -0.39 is 24.0 Å². The van der Waals surface area contributed by atoms with Gasteiger partial charge in [0, 0.05) is 25.4 Å². The molecule has 0 heterocycles. The molecular weight excluding hydrogens is 446 g/mol. The average Bonchev–Trinajstić information content (AvgIpc) is 2.74. The van der Waals surface area contributed by atoms with E-state index in [1.165, 1.54) is 0 Å². The highest BCUT2D eigenvalue weighted by molar-refractivity contribution is 5.82. The Labute approximate surface area is 201 Å². The molecule has 0 unspecified atom stereocenters. The number of rotatable bonds is 19. The molecular formula is C23H41N3O8. The normalized spacial score (nSPS) is 10.9. The number of aliphatic carboxylic acids is 2. The van der Waals surface area contributed by atoms with Crippen molar-refractivity contribution in [2.45, 2.75) is 109 Å². The second kappa shape index (κ2) is 23.2. The molecule has 0 rings (SSSR count). The molecule has 3 amide bonds. The van der Waals surface area contributed by atoms with Crippen LogP contribution in [0.15, 0.2) is 0 Å². The lowest BCUT2D eigenvalue weighted by Gasteiger charge is -2.15. The Balaban J connectivity index is 0. The first kappa shape index (κ1) is 33.2. The number of hydrogen-bond acceptors (Lipinski definition) is 6. The third-order valence-electron chi connectivity index (χ3n) is 4.80. The van der Waals surface area contributed by atoms with Gasteiger partial charge in [0.2, 0.25) is 5.91 Å². The van der Waals surface area contributed by atoms with E-state index in [4.69, 9.17) is 14.7 Å². The molecule has 0 aliphatic heterocycles. The maximum absolute atomic E-state index is 11.7. The molecule has 0 spiro atoms. The van der Waals surface area contributed by atoms with Crippen LogP contribution in [-0.4, -0.2) is 58.9 Å². The van der Waals surface area contributed by atoms with Gasteiger partial charge < -0.3 is 26.2 Å². The van der Waals surface area contributed by atoms with E-state index in [1.54, 1.807) is 0 Å². The molecule has 1 atom stereocenters. The van der Waals surface area contributed by atoms with Gasteiger partial charge >= 0.3 is 24.1 Å². The van der Waals surface area contributed by atoms with Gasteiger partial charge in [0.15, 0.2) is 0 Å². The molecule has 196 valence electrons. The highest BCUT2D eigenvalue weighted by Gasteiger charge is 2.19. The van der Waals surface area contributed by atoms with Gasteiger partial charge in [0.25, 0.3) is 0 Å². The van der Waals surface area contributed by atoms with Gasteiger partial charge in [-0.1, -0.05) is 51.4 Å². The van der Waals surface area contributed by atoms with Crippen LogP contribution >= 0.6 is 0 Å². The largest absolute Gasteiger partial charge is 0.481 e. The van der Waals surface area contributed by atoms with Crippen LogP contribution in [0, 0.1) is 0 Å². The summed E-state index contributed by atoms with van der Waals surface area (Å²) in [6.45, 7) is 4.11. The summed E-state index contributed by atoms with van der Waals surface area (Å²) in [6.07, 6.45) is 10.6. The molecule has 0 fully saturated rings. The SMILES string of the molecule is CC(C)NC(=O)CCCCCCCCCCC[C@H](NC(=O)NCCCC(=O)O)C(=O)O.O=C=O. The summed E-state index contributed by atoms with van der Waals surface area (Å²) in [5.74, 6) is -1.88. The molecule has 5 N–H and O–H groups in total. The summed E-state index contributed by atoms with van der Waals surface area (Å²) in [4.78, 5) is 61.2. The zero-order valence-corrected chi connectivity index (χ0v) is 20.4. The van der Waals surface area contributed by atoms with Crippen LogP contribution in [0.2, 0.25) is 0 Å². The minimum atomic E-state index is -1.07. The molecule has 11 heteroatoms. The molecule has 0 bridgehead atoms. The first-order chi connectivity index (χ1) is 16.1. The number of hydrogen-bond donors (Lipinski definition) is 5. The number of urea groups is 1. The molecule has 0 aliphatic rings. The minimum Gasteiger partial charge on any atom is -0.481 e. The molecule has 0 saturated carbocycles. The molecule has 0 aromatic rings. The Morgan fingerprint density at radius 1 is 0.735 bits per heavy atom. The van der Waals surface area contributed by atoms with Crippen LogP contribution in [0.25, 0.3) is 0 Å². The van der Waals surface area contributed by atoms with Crippen LogP contribution in [0.4, 0.5) is 4.79 Å². The van der Waals surface area contributed by atoms with Crippen molar-refractivity contribution in [1.82, 2.24) is 16.0 Å². The number of carboxylic acids is 2. The van der Waals surface area contributed by atoms with E-state index in [2.05, 4.69) is 16.0 Å². The number of carboxylic acid groups (broad SMARTS) is 2. The lowest BCUT2D eigenvalue weighted by atomic mass is 10.0. The summed E-state index contributed by atoms with van der Waals surface area (Å²) in [5, 5.41) is 25.6. The van der Waals surface area contributed by atoms with Crippen molar-refractivity contribution in [3.05, 3.63) is 0 Å². The first-order valence-electron chi connectivity index (χ1n) is 11.9. The Hall–Kier alpha value is -2.94. The Bertz CT molecular complexity index is 619. The minimum absolute atomic E-state index is 0.0436. The van der Waals surface area contributed by atoms with Gasteiger partial charge in [-0.2, -0.15) is 9.59 Å². The smallest absolute Gasteiger partial charge is 0.373 e. The third kappa shape index (κ3) is 25.3. The van der Waals surface area contributed by atoms with Crippen molar-refractivity contribution in [2.75, 3.05) is 6.54 Å². The van der Waals surface area contributed by atoms with Gasteiger partial charge in [-0.05, 0) is 33.1 Å². The zero-order valence-electron chi connectivity index (χ0n) is 20.4. The molecule has 34 heavy (non-hydrogen) atoms. The summed E-state index contributed by atoms with van der Waals surface area (Å²) in [6, 6.07) is -1.33. The molecule has 0 aromatic carbocycles. The molecule has 0 saturated heterocycles. The van der Waals surface area contributed by atoms with Crippen LogP contribution in [-0.2, 0) is 24.0 Å². The molecule has 0 radical (unpaired) electrons. The topological polar surface area (TPSA) is 179 Å². The van der Waals surface area contributed by atoms with E-state index in [1.807, 2.05) is 13.8 Å². The molecule has 11 nitrogen and oxygen atoms in total. The summed E-state index contributed by atoms with van der Waals surface area (Å²) in [7, 11) is 0. The van der Waals surface area contributed by atoms with E-state index in [0.717, 1.165) is 57.8 Å². The van der Waals surface area contributed by atoms with Crippen LogP contribution < -0.4 is 16.0 Å². The number of unbranched alkanes of at least 4 members (excludes halogenated alkanes) is 8. The summed E-state index contributed by atoms with van der Waals surface area (Å²) < 4.78 is 0. The van der Waals surface area contributed by atoms with Crippen LogP contribution in [0.1, 0.15) is 97.3 Å². The Morgan fingerprint density at radius 2 is 1.24 bits per heavy atom. The molecule has 0 aliphatic carbocycles. The van der Waals surface area contributed by atoms with Gasteiger partial charge in [0.05, 0.1) is 0 Å². The second-order valence-corrected chi connectivity index (χ2v) is 8.31. The standard InChI is InChI=1S/C22H41N3O6.CO2/c1-17(2)24-19(26)14-11-9-7-5-3-4-6-8-10-13-18(21(29)30)25-22(31)23-16-12-15-20(27)28;2-1-3/h17-18H,3-16H2,1-2H3,(H,24,26)(H,27,28)(H,29,30)(H2,23,25,31);/t18-;/m0./s1. The van der Waals surface area contributed by atoms with E-state index in [0.29, 0.717) is 19.3 Å².